The molecule has 0 spiro atoms. The molecule has 0 amide bonds. The summed E-state index contributed by atoms with van der Waals surface area (Å²) in [6.07, 6.45) is 0. The first-order valence-corrected chi connectivity index (χ1v) is 15.1. The van der Waals surface area contributed by atoms with E-state index in [-0.39, 0.29) is 17.1 Å². The van der Waals surface area contributed by atoms with Gasteiger partial charge in [0, 0.05) is 34.5 Å². The van der Waals surface area contributed by atoms with E-state index in [0.29, 0.717) is 10.0 Å². The number of aliphatic imine (C=N–C) groups is 2. The molecule has 0 bridgehead atoms. The van der Waals surface area contributed by atoms with Crippen molar-refractivity contribution in [1.29, 1.82) is 10.5 Å². The Morgan fingerprint density at radius 3 is 1.89 bits per heavy atom. The predicted octanol–water partition coefficient (Wildman–Crippen LogP) is 9.73. The van der Waals surface area contributed by atoms with Crippen molar-refractivity contribution in [2.75, 3.05) is 0 Å². The minimum Gasteiger partial charge on any atom is -0.351 e. The zero-order valence-corrected chi connectivity index (χ0v) is 23.8. The maximum absolute atomic E-state index is 9.01. The Morgan fingerprint density at radius 1 is 0.763 bits per heavy atom. The number of hydrogen-bond acceptors (Lipinski definition) is 9. The fraction of sp³-hybridized carbons (Fsp3) is 0.111. The number of amidine groups is 2. The molecule has 1 aliphatic carbocycles. The maximum atomic E-state index is 9.01. The second kappa shape index (κ2) is 9.11. The Bertz CT molecular complexity index is 1980. The van der Waals surface area contributed by atoms with Crippen LogP contribution in [0.5, 0.6) is 0 Å². The number of thiophene rings is 5. The Balaban J connectivity index is 1.37. The third kappa shape index (κ3) is 3.81. The summed E-state index contributed by atoms with van der Waals surface area (Å²) in [5, 5.41) is 19.3. The SMILES string of the molecule is [C-]#[N+]C(C#N)=Nc1ccc(-c2cc3c(s2)-c2sc4cc(-c5ccc(N=C(C#N)[N+]#[C-])s5)sc4c2C3(C)C)s1. The summed E-state index contributed by atoms with van der Waals surface area (Å²) < 4.78 is 2.57. The summed E-state index contributed by atoms with van der Waals surface area (Å²) in [6.45, 7) is 18.7. The molecule has 5 aromatic rings. The summed E-state index contributed by atoms with van der Waals surface area (Å²) in [5.41, 5.74) is 2.56. The molecule has 0 atom stereocenters. The first-order chi connectivity index (χ1) is 18.4. The maximum Gasteiger partial charge on any atom is 0.350 e. The van der Waals surface area contributed by atoms with Gasteiger partial charge in [-0.1, -0.05) is 59.7 Å². The van der Waals surface area contributed by atoms with Crippen molar-refractivity contribution in [2.45, 2.75) is 19.3 Å². The van der Waals surface area contributed by atoms with Crippen LogP contribution in [0.1, 0.15) is 25.0 Å². The molecule has 5 heterocycles. The van der Waals surface area contributed by atoms with Gasteiger partial charge in [-0.2, -0.15) is 0 Å². The molecule has 11 heteroatoms. The predicted molar refractivity (Wildman–Crippen MR) is 160 cm³/mol. The number of hydrogen-bond donors (Lipinski definition) is 0. The Morgan fingerprint density at radius 2 is 1.34 bits per heavy atom. The molecule has 1 aliphatic rings. The smallest absolute Gasteiger partial charge is 0.350 e. The van der Waals surface area contributed by atoms with Crippen LogP contribution >= 0.6 is 56.7 Å². The monoisotopic (exact) mass is 580 g/mol. The molecule has 6 rings (SSSR count). The molecule has 0 saturated heterocycles. The molecule has 0 unspecified atom stereocenters. The molecule has 0 fully saturated rings. The highest BCUT2D eigenvalue weighted by Gasteiger charge is 2.41. The Labute approximate surface area is 238 Å². The molecule has 180 valence electrons. The highest BCUT2D eigenvalue weighted by Crippen LogP contribution is 2.61. The van der Waals surface area contributed by atoms with E-state index in [1.165, 1.54) is 57.8 Å². The lowest BCUT2D eigenvalue weighted by molar-refractivity contribution is 0.670. The van der Waals surface area contributed by atoms with Gasteiger partial charge in [-0.05, 0) is 47.5 Å². The fourth-order valence-electron chi connectivity index (χ4n) is 4.42. The molecule has 5 aromatic heterocycles. The lowest BCUT2D eigenvalue weighted by Crippen LogP contribution is -2.13. The fourth-order valence-corrected chi connectivity index (χ4v) is 10.8. The highest BCUT2D eigenvalue weighted by atomic mass is 32.1. The van der Waals surface area contributed by atoms with Crippen LogP contribution in [0, 0.1) is 35.8 Å². The van der Waals surface area contributed by atoms with Gasteiger partial charge >= 0.3 is 11.7 Å². The van der Waals surface area contributed by atoms with Crippen molar-refractivity contribution < 1.29 is 0 Å². The van der Waals surface area contributed by atoms with E-state index in [4.69, 9.17) is 23.7 Å². The minimum atomic E-state index is -0.155. The van der Waals surface area contributed by atoms with Gasteiger partial charge in [-0.3, -0.25) is 0 Å². The van der Waals surface area contributed by atoms with Gasteiger partial charge in [-0.25, -0.2) is 10.5 Å². The summed E-state index contributed by atoms with van der Waals surface area (Å²) in [7, 11) is 0. The van der Waals surface area contributed by atoms with Crippen LogP contribution in [0.4, 0.5) is 10.0 Å². The number of nitriles is 2. The topological polar surface area (TPSA) is 81.0 Å². The normalized spacial score (nSPS) is 13.9. The molecule has 0 N–H and O–H groups in total. The third-order valence-electron chi connectivity index (χ3n) is 6.11. The van der Waals surface area contributed by atoms with Crippen molar-refractivity contribution in [3.8, 4) is 41.4 Å². The van der Waals surface area contributed by atoms with E-state index >= 15 is 0 Å². The molecular weight excluding hydrogens is 569 g/mol. The second-order valence-electron chi connectivity index (χ2n) is 8.68. The van der Waals surface area contributed by atoms with Crippen molar-refractivity contribution in [3.05, 3.63) is 70.4 Å². The van der Waals surface area contributed by atoms with Gasteiger partial charge in [0.05, 0.1) is 9.58 Å². The van der Waals surface area contributed by atoms with Crippen LogP contribution in [-0.2, 0) is 5.41 Å². The average Bonchev–Trinajstić information content (AvgIpc) is 3.72. The molecule has 0 radical (unpaired) electrons. The van der Waals surface area contributed by atoms with Gasteiger partial charge in [-0.15, -0.1) is 34.0 Å². The molecule has 6 nitrogen and oxygen atoms in total. The van der Waals surface area contributed by atoms with E-state index in [9.17, 15) is 0 Å². The standard InChI is InChI=1S/C27H12N6S5/c1-27(2)13-9-16(14-5-7-21(34-14)32-19(11-28)30-3)36-24(13)26-23(27)25-18(38-26)10-17(37-25)15-6-8-22(35-15)33-20(12-29)31-4/h5-10H,1-2H3. The van der Waals surface area contributed by atoms with Gasteiger partial charge in [0.25, 0.3) is 0 Å². The van der Waals surface area contributed by atoms with Crippen LogP contribution in [0.2, 0.25) is 0 Å². The van der Waals surface area contributed by atoms with Crippen LogP contribution in [0.3, 0.4) is 0 Å². The van der Waals surface area contributed by atoms with Crippen molar-refractivity contribution in [3.63, 3.8) is 0 Å². The first-order valence-electron chi connectivity index (χ1n) is 11.0. The summed E-state index contributed by atoms with van der Waals surface area (Å²) in [4.78, 5) is 21.7. The van der Waals surface area contributed by atoms with Crippen LogP contribution in [0.15, 0.2) is 46.4 Å². The largest absolute Gasteiger partial charge is 0.351 e. The van der Waals surface area contributed by atoms with Crippen LogP contribution < -0.4 is 0 Å². The van der Waals surface area contributed by atoms with Crippen molar-refractivity contribution in [1.82, 2.24) is 0 Å². The number of rotatable bonds is 4. The number of nitrogens with zero attached hydrogens (tertiary/aromatic N) is 6. The van der Waals surface area contributed by atoms with Gasteiger partial charge < -0.3 is 9.69 Å². The van der Waals surface area contributed by atoms with E-state index in [1.807, 2.05) is 47.7 Å². The van der Waals surface area contributed by atoms with Crippen molar-refractivity contribution >= 4 is 87.8 Å². The Kier molecular flexibility index (Phi) is 5.85. The lowest BCUT2D eigenvalue weighted by Gasteiger charge is -2.19. The molecular formula is C27H12N6S5. The van der Waals surface area contributed by atoms with Gasteiger partial charge in [0.15, 0.2) is 0 Å². The molecule has 0 aliphatic heterocycles. The third-order valence-corrected chi connectivity index (χ3v) is 12.2. The summed E-state index contributed by atoms with van der Waals surface area (Å²) in [6, 6.07) is 15.9. The van der Waals surface area contributed by atoms with Crippen LogP contribution in [-0.4, -0.2) is 11.7 Å². The van der Waals surface area contributed by atoms with E-state index in [2.05, 4.69) is 45.7 Å². The zero-order chi connectivity index (χ0) is 26.6. The summed E-state index contributed by atoms with van der Waals surface area (Å²) in [5.74, 6) is -0.310. The van der Waals surface area contributed by atoms with E-state index < -0.39 is 0 Å². The molecule has 0 aromatic carbocycles. The second-order valence-corrected chi connectivity index (χ2v) is 14.0. The van der Waals surface area contributed by atoms with Crippen molar-refractivity contribution in [2.24, 2.45) is 9.98 Å². The molecule has 38 heavy (non-hydrogen) atoms. The molecule has 0 saturated carbocycles. The van der Waals surface area contributed by atoms with E-state index in [1.54, 1.807) is 22.7 Å². The van der Waals surface area contributed by atoms with Crippen LogP contribution in [0.25, 0.3) is 48.4 Å². The average molecular weight is 581 g/mol. The highest BCUT2D eigenvalue weighted by molar-refractivity contribution is 7.34. The Hall–Kier alpha value is -3.94. The quantitative estimate of drug-likeness (QED) is 0.120. The number of fused-ring (bicyclic) bond motifs is 5. The first kappa shape index (κ1) is 24.4. The van der Waals surface area contributed by atoms with Gasteiger partial charge in [0.1, 0.15) is 12.1 Å². The summed E-state index contributed by atoms with van der Waals surface area (Å²) >= 11 is 8.37. The van der Waals surface area contributed by atoms with E-state index in [0.717, 1.165) is 14.6 Å². The minimum absolute atomic E-state index is 0.141. The van der Waals surface area contributed by atoms with Gasteiger partial charge in [0.2, 0.25) is 10.0 Å². The lowest BCUT2D eigenvalue weighted by atomic mass is 9.84. The zero-order valence-electron chi connectivity index (χ0n) is 19.7.